The Balaban J connectivity index is 2.31. The summed E-state index contributed by atoms with van der Waals surface area (Å²) in [6, 6.07) is 4.20. The molecule has 0 fully saturated rings. The summed E-state index contributed by atoms with van der Waals surface area (Å²) in [6.45, 7) is 6.08. The van der Waals surface area contributed by atoms with Gasteiger partial charge in [0, 0.05) is 5.56 Å². The van der Waals surface area contributed by atoms with Crippen LogP contribution in [0, 0.1) is 20.8 Å². The highest BCUT2D eigenvalue weighted by Gasteiger charge is 2.11. The second kappa shape index (κ2) is 4.31. The molecule has 0 aliphatic heterocycles. The van der Waals surface area contributed by atoms with Crippen molar-refractivity contribution < 1.29 is 0 Å². The standard InChI is InChI=1S/C14H13ClN4/c1-8-4-11-12(5-9(8)2)19(7-18-11)14-10(3)13(15)16-6-17-14/h4-7H,1-3H3. The molecule has 4 nitrogen and oxygen atoms in total. The minimum absolute atomic E-state index is 0.468. The van der Waals surface area contributed by atoms with Crippen molar-refractivity contribution in [1.82, 2.24) is 19.5 Å². The average Bonchev–Trinajstić information content (AvgIpc) is 2.76. The highest BCUT2D eigenvalue weighted by atomic mass is 35.5. The van der Waals surface area contributed by atoms with Crippen LogP contribution in [0.15, 0.2) is 24.8 Å². The largest absolute Gasteiger partial charge is 0.283 e. The van der Waals surface area contributed by atoms with E-state index in [1.807, 2.05) is 11.5 Å². The molecule has 0 spiro atoms. The lowest BCUT2D eigenvalue weighted by atomic mass is 10.1. The molecule has 1 aromatic carbocycles. The van der Waals surface area contributed by atoms with Crippen molar-refractivity contribution in [3.63, 3.8) is 0 Å². The Morgan fingerprint density at radius 1 is 1.00 bits per heavy atom. The van der Waals surface area contributed by atoms with Gasteiger partial charge in [0.1, 0.15) is 23.6 Å². The SMILES string of the molecule is Cc1cc2ncn(-c3ncnc(Cl)c3C)c2cc1C. The Morgan fingerprint density at radius 2 is 1.74 bits per heavy atom. The number of rotatable bonds is 1. The van der Waals surface area contributed by atoms with Gasteiger partial charge in [0.2, 0.25) is 0 Å². The summed E-state index contributed by atoms with van der Waals surface area (Å²) in [5.41, 5.74) is 5.29. The number of halogens is 1. The molecule has 0 aliphatic rings. The van der Waals surface area contributed by atoms with Crippen LogP contribution in [0.1, 0.15) is 16.7 Å². The lowest BCUT2D eigenvalue weighted by Crippen LogP contribution is -2.01. The van der Waals surface area contributed by atoms with E-state index in [2.05, 4.69) is 40.9 Å². The number of aryl methyl sites for hydroxylation is 2. The molecule has 0 aliphatic carbocycles. The van der Waals surface area contributed by atoms with Crippen LogP contribution in [0.25, 0.3) is 16.9 Å². The van der Waals surface area contributed by atoms with E-state index in [0.717, 1.165) is 22.4 Å². The quantitative estimate of drug-likeness (QED) is 0.638. The van der Waals surface area contributed by atoms with Gasteiger partial charge in [0.05, 0.1) is 11.0 Å². The molecule has 0 radical (unpaired) electrons. The first kappa shape index (κ1) is 12.1. The fourth-order valence-electron chi connectivity index (χ4n) is 2.10. The van der Waals surface area contributed by atoms with Crippen LogP contribution in [0.5, 0.6) is 0 Å². The fraction of sp³-hybridized carbons (Fsp3) is 0.214. The zero-order chi connectivity index (χ0) is 13.6. The monoisotopic (exact) mass is 272 g/mol. The van der Waals surface area contributed by atoms with Crippen LogP contribution in [-0.4, -0.2) is 19.5 Å². The topological polar surface area (TPSA) is 43.6 Å². The van der Waals surface area contributed by atoms with Crippen LogP contribution in [0.3, 0.4) is 0 Å². The van der Waals surface area contributed by atoms with E-state index in [4.69, 9.17) is 11.6 Å². The van der Waals surface area contributed by atoms with E-state index in [1.165, 1.54) is 17.5 Å². The van der Waals surface area contributed by atoms with Gasteiger partial charge in [-0.2, -0.15) is 0 Å². The first-order valence-electron chi connectivity index (χ1n) is 5.99. The minimum Gasteiger partial charge on any atom is -0.283 e. The molecule has 0 unspecified atom stereocenters. The van der Waals surface area contributed by atoms with Crippen LogP contribution in [0.4, 0.5) is 0 Å². The van der Waals surface area contributed by atoms with Crippen LogP contribution < -0.4 is 0 Å². The Labute approximate surface area is 116 Å². The van der Waals surface area contributed by atoms with Crippen LogP contribution in [-0.2, 0) is 0 Å². The summed E-state index contributed by atoms with van der Waals surface area (Å²) in [4.78, 5) is 12.7. The number of fused-ring (bicyclic) bond motifs is 1. The molecule has 2 aromatic heterocycles. The van der Waals surface area contributed by atoms with Gasteiger partial charge in [0.15, 0.2) is 0 Å². The second-order valence-electron chi connectivity index (χ2n) is 4.65. The van der Waals surface area contributed by atoms with E-state index >= 15 is 0 Å². The smallest absolute Gasteiger partial charge is 0.146 e. The molecule has 0 saturated carbocycles. The van der Waals surface area contributed by atoms with Gasteiger partial charge in [-0.05, 0) is 44.0 Å². The summed E-state index contributed by atoms with van der Waals surface area (Å²) in [5, 5.41) is 0.468. The maximum atomic E-state index is 6.05. The number of aromatic nitrogens is 4. The Bertz CT molecular complexity index is 776. The Morgan fingerprint density at radius 3 is 2.53 bits per heavy atom. The molecule has 0 atom stereocenters. The summed E-state index contributed by atoms with van der Waals surface area (Å²) >= 11 is 6.05. The minimum atomic E-state index is 0.468. The predicted molar refractivity (Wildman–Crippen MR) is 75.9 cm³/mol. The molecule has 0 N–H and O–H groups in total. The number of hydrogen-bond acceptors (Lipinski definition) is 3. The van der Waals surface area contributed by atoms with Gasteiger partial charge in [-0.25, -0.2) is 15.0 Å². The Kier molecular flexibility index (Phi) is 2.75. The second-order valence-corrected chi connectivity index (χ2v) is 5.01. The summed E-state index contributed by atoms with van der Waals surface area (Å²) in [6.07, 6.45) is 3.24. The summed E-state index contributed by atoms with van der Waals surface area (Å²) < 4.78 is 1.95. The zero-order valence-corrected chi connectivity index (χ0v) is 11.7. The number of hydrogen-bond donors (Lipinski definition) is 0. The molecule has 3 rings (SSSR count). The van der Waals surface area contributed by atoms with E-state index in [0.29, 0.717) is 5.15 Å². The van der Waals surface area contributed by atoms with E-state index in [9.17, 15) is 0 Å². The van der Waals surface area contributed by atoms with E-state index in [1.54, 1.807) is 6.33 Å². The lowest BCUT2D eigenvalue weighted by molar-refractivity contribution is 0.972. The van der Waals surface area contributed by atoms with Gasteiger partial charge in [0.25, 0.3) is 0 Å². The molecular formula is C14H13ClN4. The van der Waals surface area contributed by atoms with Crippen molar-refractivity contribution in [2.45, 2.75) is 20.8 Å². The van der Waals surface area contributed by atoms with E-state index < -0.39 is 0 Å². The summed E-state index contributed by atoms with van der Waals surface area (Å²) in [5.74, 6) is 0.769. The first-order chi connectivity index (χ1) is 9.08. The first-order valence-corrected chi connectivity index (χ1v) is 6.37. The molecule has 0 bridgehead atoms. The molecular weight excluding hydrogens is 260 g/mol. The maximum absolute atomic E-state index is 6.05. The normalized spacial score (nSPS) is 11.2. The maximum Gasteiger partial charge on any atom is 0.146 e. The molecule has 3 aromatic rings. The molecule has 0 amide bonds. The number of imidazole rings is 1. The fourth-order valence-corrected chi connectivity index (χ4v) is 2.22. The van der Waals surface area contributed by atoms with Crippen LogP contribution in [0.2, 0.25) is 5.15 Å². The third-order valence-corrected chi connectivity index (χ3v) is 3.77. The third-order valence-electron chi connectivity index (χ3n) is 3.39. The van der Waals surface area contributed by atoms with Gasteiger partial charge in [-0.1, -0.05) is 11.6 Å². The Hall–Kier alpha value is -1.94. The highest BCUT2D eigenvalue weighted by molar-refractivity contribution is 6.30. The van der Waals surface area contributed by atoms with Gasteiger partial charge in [-0.15, -0.1) is 0 Å². The third kappa shape index (κ3) is 1.88. The zero-order valence-electron chi connectivity index (χ0n) is 11.0. The molecule has 2 heterocycles. The number of benzene rings is 1. The van der Waals surface area contributed by atoms with Gasteiger partial charge < -0.3 is 0 Å². The summed E-state index contributed by atoms with van der Waals surface area (Å²) in [7, 11) is 0. The lowest BCUT2D eigenvalue weighted by Gasteiger charge is -2.08. The van der Waals surface area contributed by atoms with Crippen molar-refractivity contribution >= 4 is 22.6 Å². The predicted octanol–water partition coefficient (Wildman–Crippen LogP) is 3.39. The highest BCUT2D eigenvalue weighted by Crippen LogP contribution is 2.24. The van der Waals surface area contributed by atoms with Crippen molar-refractivity contribution in [2.75, 3.05) is 0 Å². The van der Waals surface area contributed by atoms with Gasteiger partial charge in [-0.3, -0.25) is 4.57 Å². The van der Waals surface area contributed by atoms with Crippen molar-refractivity contribution in [1.29, 1.82) is 0 Å². The van der Waals surface area contributed by atoms with Crippen molar-refractivity contribution in [2.24, 2.45) is 0 Å². The van der Waals surface area contributed by atoms with Crippen LogP contribution >= 0.6 is 11.6 Å². The van der Waals surface area contributed by atoms with E-state index in [-0.39, 0.29) is 0 Å². The molecule has 0 saturated heterocycles. The van der Waals surface area contributed by atoms with Crippen molar-refractivity contribution in [3.05, 3.63) is 46.6 Å². The molecule has 19 heavy (non-hydrogen) atoms. The molecule has 5 heteroatoms. The average molecular weight is 273 g/mol. The molecule has 96 valence electrons. The van der Waals surface area contributed by atoms with Gasteiger partial charge >= 0.3 is 0 Å². The number of nitrogens with zero attached hydrogens (tertiary/aromatic N) is 4. The van der Waals surface area contributed by atoms with Crippen molar-refractivity contribution in [3.8, 4) is 5.82 Å².